The lowest BCUT2D eigenvalue weighted by Crippen LogP contribution is -2.30. The van der Waals surface area contributed by atoms with Gasteiger partial charge in [0.05, 0.1) is 6.20 Å². The van der Waals surface area contributed by atoms with E-state index in [1.165, 1.54) is 29.4 Å². The molecule has 0 aliphatic rings. The smallest absolute Gasteiger partial charge is 0.273 e. The van der Waals surface area contributed by atoms with Crippen LogP contribution in [0.25, 0.3) is 5.82 Å². The highest BCUT2D eigenvalue weighted by Gasteiger charge is 2.03. The van der Waals surface area contributed by atoms with E-state index in [2.05, 4.69) is 15.0 Å². The SMILES string of the molecule is Cc1cn(-c2cnccn2)c(=O)[nH]c1=O. The number of hydrogen-bond acceptors (Lipinski definition) is 4. The van der Waals surface area contributed by atoms with Crippen LogP contribution in [0.2, 0.25) is 0 Å². The zero-order chi connectivity index (χ0) is 10.8. The molecule has 2 rings (SSSR count). The van der Waals surface area contributed by atoms with Gasteiger partial charge in [0.15, 0.2) is 5.82 Å². The Kier molecular flexibility index (Phi) is 2.17. The molecule has 2 aromatic rings. The van der Waals surface area contributed by atoms with Gasteiger partial charge >= 0.3 is 5.69 Å². The summed E-state index contributed by atoms with van der Waals surface area (Å²) in [6, 6.07) is 0. The summed E-state index contributed by atoms with van der Waals surface area (Å²) in [6.07, 6.45) is 5.86. The van der Waals surface area contributed by atoms with Crippen LogP contribution in [0.3, 0.4) is 0 Å². The van der Waals surface area contributed by atoms with Crippen LogP contribution in [0.15, 0.2) is 34.4 Å². The molecule has 0 radical (unpaired) electrons. The summed E-state index contributed by atoms with van der Waals surface area (Å²) in [5.74, 6) is 0.377. The number of aromatic nitrogens is 4. The monoisotopic (exact) mass is 204 g/mol. The molecule has 0 saturated carbocycles. The normalized spacial score (nSPS) is 10.2. The minimum atomic E-state index is -0.522. The third kappa shape index (κ3) is 1.69. The van der Waals surface area contributed by atoms with Crippen LogP contribution in [-0.4, -0.2) is 19.5 Å². The van der Waals surface area contributed by atoms with Crippen molar-refractivity contribution in [3.05, 3.63) is 51.2 Å². The quantitative estimate of drug-likeness (QED) is 0.686. The second-order valence-corrected chi connectivity index (χ2v) is 3.01. The van der Waals surface area contributed by atoms with Gasteiger partial charge in [-0.25, -0.2) is 9.78 Å². The van der Waals surface area contributed by atoms with E-state index in [1.807, 2.05) is 0 Å². The standard InChI is InChI=1S/C9H8N4O2/c1-6-5-13(9(15)12-8(6)14)7-4-10-2-3-11-7/h2-5H,1H3,(H,12,14,15). The zero-order valence-corrected chi connectivity index (χ0v) is 7.97. The summed E-state index contributed by atoms with van der Waals surface area (Å²) in [6.45, 7) is 1.62. The van der Waals surface area contributed by atoms with E-state index >= 15 is 0 Å². The molecular formula is C9H8N4O2. The molecule has 2 aromatic heterocycles. The van der Waals surface area contributed by atoms with Gasteiger partial charge in [-0.05, 0) is 6.92 Å². The van der Waals surface area contributed by atoms with Gasteiger partial charge in [0.25, 0.3) is 5.56 Å². The average molecular weight is 204 g/mol. The van der Waals surface area contributed by atoms with E-state index in [0.29, 0.717) is 11.4 Å². The number of nitrogens with zero attached hydrogens (tertiary/aromatic N) is 3. The van der Waals surface area contributed by atoms with Crippen LogP contribution < -0.4 is 11.2 Å². The van der Waals surface area contributed by atoms with Crippen molar-refractivity contribution in [2.24, 2.45) is 0 Å². The van der Waals surface area contributed by atoms with Crippen molar-refractivity contribution in [1.82, 2.24) is 19.5 Å². The molecule has 0 spiro atoms. The Bertz CT molecular complexity index is 585. The lowest BCUT2D eigenvalue weighted by Gasteiger charge is -2.02. The Balaban J connectivity index is 2.70. The van der Waals surface area contributed by atoms with E-state index in [4.69, 9.17) is 0 Å². The Labute approximate surface area is 84.3 Å². The Morgan fingerprint density at radius 3 is 2.80 bits per heavy atom. The van der Waals surface area contributed by atoms with Crippen LogP contribution in [0.5, 0.6) is 0 Å². The Morgan fingerprint density at radius 2 is 2.13 bits per heavy atom. The molecule has 0 atom stereocenters. The summed E-state index contributed by atoms with van der Waals surface area (Å²) >= 11 is 0. The van der Waals surface area contributed by atoms with Crippen LogP contribution in [-0.2, 0) is 0 Å². The predicted octanol–water partition coefficient (Wildman–Crippen LogP) is -0.376. The first-order valence-corrected chi connectivity index (χ1v) is 4.27. The van der Waals surface area contributed by atoms with Crippen LogP contribution in [0.1, 0.15) is 5.56 Å². The highest BCUT2D eigenvalue weighted by Crippen LogP contribution is 1.95. The molecular weight excluding hydrogens is 196 g/mol. The maximum absolute atomic E-state index is 11.4. The van der Waals surface area contributed by atoms with Crippen LogP contribution in [0.4, 0.5) is 0 Å². The molecule has 6 nitrogen and oxygen atoms in total. The number of aryl methyl sites for hydroxylation is 1. The first-order chi connectivity index (χ1) is 7.18. The molecule has 0 unspecified atom stereocenters. The molecule has 0 aromatic carbocycles. The Morgan fingerprint density at radius 1 is 1.33 bits per heavy atom. The van der Waals surface area contributed by atoms with Gasteiger partial charge in [-0.2, -0.15) is 0 Å². The molecule has 0 aliphatic carbocycles. The van der Waals surface area contributed by atoms with E-state index < -0.39 is 5.69 Å². The number of nitrogens with one attached hydrogen (secondary N) is 1. The first kappa shape index (κ1) is 9.32. The summed E-state index contributed by atoms with van der Waals surface area (Å²) in [5.41, 5.74) is -0.466. The second-order valence-electron chi connectivity index (χ2n) is 3.01. The van der Waals surface area contributed by atoms with Crippen molar-refractivity contribution < 1.29 is 0 Å². The molecule has 0 saturated heterocycles. The van der Waals surface area contributed by atoms with E-state index in [0.717, 1.165) is 0 Å². The van der Waals surface area contributed by atoms with Gasteiger partial charge < -0.3 is 0 Å². The second kappa shape index (κ2) is 3.49. The van der Waals surface area contributed by atoms with Crippen molar-refractivity contribution in [2.45, 2.75) is 6.92 Å². The highest BCUT2D eigenvalue weighted by molar-refractivity contribution is 5.18. The van der Waals surface area contributed by atoms with Crippen molar-refractivity contribution in [1.29, 1.82) is 0 Å². The molecule has 1 N–H and O–H groups in total. The van der Waals surface area contributed by atoms with E-state index in [-0.39, 0.29) is 5.56 Å². The minimum Gasteiger partial charge on any atom is -0.273 e. The van der Waals surface area contributed by atoms with Gasteiger partial charge in [0.2, 0.25) is 0 Å². The fraction of sp³-hybridized carbons (Fsp3) is 0.111. The van der Waals surface area contributed by atoms with Crippen molar-refractivity contribution in [3.63, 3.8) is 0 Å². The Hall–Kier alpha value is -2.24. The molecule has 76 valence electrons. The first-order valence-electron chi connectivity index (χ1n) is 4.27. The topological polar surface area (TPSA) is 80.6 Å². The molecule has 0 amide bonds. The van der Waals surface area contributed by atoms with E-state index in [9.17, 15) is 9.59 Å². The predicted molar refractivity (Wildman–Crippen MR) is 53.0 cm³/mol. The van der Waals surface area contributed by atoms with Crippen LogP contribution >= 0.6 is 0 Å². The van der Waals surface area contributed by atoms with Gasteiger partial charge in [-0.15, -0.1) is 0 Å². The lowest BCUT2D eigenvalue weighted by atomic mass is 10.4. The third-order valence-corrected chi connectivity index (χ3v) is 1.92. The van der Waals surface area contributed by atoms with Gasteiger partial charge in [0.1, 0.15) is 0 Å². The van der Waals surface area contributed by atoms with Crippen molar-refractivity contribution in [3.8, 4) is 5.82 Å². The zero-order valence-electron chi connectivity index (χ0n) is 7.97. The molecule has 2 heterocycles. The third-order valence-electron chi connectivity index (χ3n) is 1.92. The fourth-order valence-corrected chi connectivity index (χ4v) is 1.15. The van der Waals surface area contributed by atoms with Crippen molar-refractivity contribution >= 4 is 0 Å². The number of hydrogen-bond donors (Lipinski definition) is 1. The fourth-order valence-electron chi connectivity index (χ4n) is 1.15. The molecule has 0 bridgehead atoms. The number of aromatic amines is 1. The largest absolute Gasteiger partial charge is 0.334 e. The molecule has 15 heavy (non-hydrogen) atoms. The maximum atomic E-state index is 11.4. The van der Waals surface area contributed by atoms with Gasteiger partial charge in [-0.1, -0.05) is 0 Å². The van der Waals surface area contributed by atoms with Crippen molar-refractivity contribution in [2.75, 3.05) is 0 Å². The molecule has 0 aliphatic heterocycles. The highest BCUT2D eigenvalue weighted by atomic mass is 16.2. The van der Waals surface area contributed by atoms with Gasteiger partial charge in [0, 0.05) is 24.2 Å². The summed E-state index contributed by atoms with van der Waals surface area (Å²) in [4.78, 5) is 32.5. The summed E-state index contributed by atoms with van der Waals surface area (Å²) in [5, 5.41) is 0. The van der Waals surface area contributed by atoms with Crippen LogP contribution in [0, 0.1) is 6.92 Å². The summed E-state index contributed by atoms with van der Waals surface area (Å²) in [7, 11) is 0. The maximum Gasteiger partial charge on any atom is 0.334 e. The minimum absolute atomic E-state index is 0.377. The molecule has 0 fully saturated rings. The number of rotatable bonds is 1. The average Bonchev–Trinajstić information content (AvgIpc) is 2.25. The number of H-pyrrole nitrogens is 1. The lowest BCUT2D eigenvalue weighted by molar-refractivity contribution is 0.846. The van der Waals surface area contributed by atoms with Gasteiger partial charge in [-0.3, -0.25) is 19.3 Å². The molecule has 6 heteroatoms. The van der Waals surface area contributed by atoms with E-state index in [1.54, 1.807) is 6.92 Å². The summed E-state index contributed by atoms with van der Waals surface area (Å²) < 4.78 is 1.24.